The molecule has 0 fully saturated rings. The lowest BCUT2D eigenvalue weighted by atomic mass is 10.0. The smallest absolute Gasteiger partial charge is 0.0949 e. The van der Waals surface area contributed by atoms with Crippen molar-refractivity contribution >= 4 is 11.3 Å². The summed E-state index contributed by atoms with van der Waals surface area (Å²) in [6, 6.07) is 2.41. The average Bonchev–Trinajstić information content (AvgIpc) is 2.77. The summed E-state index contributed by atoms with van der Waals surface area (Å²) < 4.78 is 0. The second-order valence-electron chi connectivity index (χ2n) is 5.30. The van der Waals surface area contributed by atoms with E-state index in [0.717, 1.165) is 36.5 Å². The molecule has 0 amide bonds. The monoisotopic (exact) mass is 304 g/mol. The first-order chi connectivity index (χ1) is 10.0. The SMILES string of the molecule is CCNC(Cc1nc(C)c(C)s1)c1cc(C)nnc1CC. The molecule has 0 radical (unpaired) electrons. The molecule has 2 rings (SSSR count). The van der Waals surface area contributed by atoms with E-state index in [4.69, 9.17) is 0 Å². The molecular formula is C16H24N4S. The molecule has 0 aromatic carbocycles. The molecule has 0 saturated carbocycles. The summed E-state index contributed by atoms with van der Waals surface area (Å²) in [6.45, 7) is 11.4. The van der Waals surface area contributed by atoms with Gasteiger partial charge in [0.25, 0.3) is 0 Å². The van der Waals surface area contributed by atoms with Crippen LogP contribution >= 0.6 is 11.3 Å². The lowest BCUT2D eigenvalue weighted by molar-refractivity contribution is 0.538. The summed E-state index contributed by atoms with van der Waals surface area (Å²) in [5, 5.41) is 13.3. The molecule has 5 heteroatoms. The van der Waals surface area contributed by atoms with Crippen LogP contribution in [0.5, 0.6) is 0 Å². The Hall–Kier alpha value is -1.33. The number of hydrogen-bond acceptors (Lipinski definition) is 5. The van der Waals surface area contributed by atoms with E-state index in [0.29, 0.717) is 0 Å². The minimum Gasteiger partial charge on any atom is -0.310 e. The van der Waals surface area contributed by atoms with Crippen molar-refractivity contribution in [2.75, 3.05) is 6.54 Å². The van der Waals surface area contributed by atoms with Gasteiger partial charge in [-0.15, -0.1) is 11.3 Å². The van der Waals surface area contributed by atoms with Gasteiger partial charge in [0.15, 0.2) is 0 Å². The first-order valence-corrected chi connectivity index (χ1v) is 8.36. The van der Waals surface area contributed by atoms with Gasteiger partial charge in [-0.1, -0.05) is 13.8 Å². The van der Waals surface area contributed by atoms with Gasteiger partial charge >= 0.3 is 0 Å². The number of hydrogen-bond donors (Lipinski definition) is 1. The van der Waals surface area contributed by atoms with Crippen LogP contribution in [-0.4, -0.2) is 21.7 Å². The molecule has 21 heavy (non-hydrogen) atoms. The van der Waals surface area contributed by atoms with Crippen LogP contribution in [0.25, 0.3) is 0 Å². The molecule has 0 aliphatic carbocycles. The highest BCUT2D eigenvalue weighted by molar-refractivity contribution is 7.11. The fourth-order valence-corrected chi connectivity index (χ4v) is 3.43. The molecule has 2 heterocycles. The second kappa shape index (κ2) is 7.09. The van der Waals surface area contributed by atoms with Crippen molar-refractivity contribution in [3.63, 3.8) is 0 Å². The summed E-state index contributed by atoms with van der Waals surface area (Å²) in [7, 11) is 0. The van der Waals surface area contributed by atoms with Crippen LogP contribution in [0.4, 0.5) is 0 Å². The van der Waals surface area contributed by atoms with Crippen molar-refractivity contribution < 1.29 is 0 Å². The van der Waals surface area contributed by atoms with Gasteiger partial charge in [-0.2, -0.15) is 10.2 Å². The maximum Gasteiger partial charge on any atom is 0.0949 e. The van der Waals surface area contributed by atoms with E-state index >= 15 is 0 Å². The van der Waals surface area contributed by atoms with Gasteiger partial charge in [0, 0.05) is 17.3 Å². The fourth-order valence-electron chi connectivity index (χ4n) is 2.45. The lowest BCUT2D eigenvalue weighted by Gasteiger charge is -2.19. The molecule has 1 unspecified atom stereocenters. The van der Waals surface area contributed by atoms with E-state index in [-0.39, 0.29) is 6.04 Å². The molecule has 1 atom stereocenters. The van der Waals surface area contributed by atoms with E-state index in [2.05, 4.69) is 54.3 Å². The third-order valence-corrected chi connectivity index (χ3v) is 4.73. The molecule has 0 aliphatic rings. The maximum absolute atomic E-state index is 4.68. The summed E-state index contributed by atoms with van der Waals surface area (Å²) >= 11 is 1.79. The molecule has 0 spiro atoms. The zero-order valence-corrected chi connectivity index (χ0v) is 14.3. The number of likely N-dealkylation sites (N-methyl/N-ethyl adjacent to an activating group) is 1. The second-order valence-corrected chi connectivity index (χ2v) is 6.59. The average molecular weight is 304 g/mol. The minimum atomic E-state index is 0.254. The number of rotatable bonds is 6. The largest absolute Gasteiger partial charge is 0.310 e. The van der Waals surface area contributed by atoms with Crippen LogP contribution in [0.1, 0.15) is 52.4 Å². The number of nitrogens with zero attached hydrogens (tertiary/aromatic N) is 3. The van der Waals surface area contributed by atoms with Crippen LogP contribution in [-0.2, 0) is 12.8 Å². The van der Waals surface area contributed by atoms with Crippen molar-refractivity contribution in [1.29, 1.82) is 0 Å². The van der Waals surface area contributed by atoms with Crippen LogP contribution in [0.3, 0.4) is 0 Å². The molecule has 2 aromatic rings. The Morgan fingerprint density at radius 1 is 1.19 bits per heavy atom. The molecule has 0 saturated heterocycles. The first kappa shape index (κ1) is 16.0. The highest BCUT2D eigenvalue weighted by atomic mass is 32.1. The van der Waals surface area contributed by atoms with Gasteiger partial charge in [-0.05, 0) is 45.4 Å². The Morgan fingerprint density at radius 2 is 1.95 bits per heavy atom. The van der Waals surface area contributed by atoms with Crippen LogP contribution in [0, 0.1) is 20.8 Å². The Labute approximate surface area is 131 Å². The third kappa shape index (κ3) is 3.86. The van der Waals surface area contributed by atoms with Crippen molar-refractivity contribution in [3.8, 4) is 0 Å². The van der Waals surface area contributed by atoms with Crippen molar-refractivity contribution in [2.24, 2.45) is 0 Å². The molecule has 0 bridgehead atoms. The van der Waals surface area contributed by atoms with Crippen molar-refractivity contribution in [1.82, 2.24) is 20.5 Å². The van der Waals surface area contributed by atoms with E-state index in [1.165, 1.54) is 15.4 Å². The lowest BCUT2D eigenvalue weighted by Crippen LogP contribution is -2.25. The Bertz CT molecular complexity index is 587. The van der Waals surface area contributed by atoms with E-state index in [1.54, 1.807) is 11.3 Å². The quantitative estimate of drug-likeness (QED) is 0.889. The number of nitrogens with one attached hydrogen (secondary N) is 1. The van der Waals surface area contributed by atoms with E-state index in [9.17, 15) is 0 Å². The van der Waals surface area contributed by atoms with Crippen molar-refractivity contribution in [2.45, 2.75) is 53.5 Å². The molecule has 4 nitrogen and oxygen atoms in total. The Balaban J connectivity index is 2.32. The summed E-state index contributed by atoms with van der Waals surface area (Å²) in [5.74, 6) is 0. The van der Waals surface area contributed by atoms with Crippen LogP contribution < -0.4 is 5.32 Å². The zero-order chi connectivity index (χ0) is 15.4. The van der Waals surface area contributed by atoms with Crippen LogP contribution in [0.2, 0.25) is 0 Å². The first-order valence-electron chi connectivity index (χ1n) is 7.54. The number of aryl methyl sites for hydroxylation is 4. The van der Waals surface area contributed by atoms with E-state index in [1.807, 2.05) is 6.92 Å². The topological polar surface area (TPSA) is 50.7 Å². The Kier molecular flexibility index (Phi) is 5.42. The third-order valence-electron chi connectivity index (χ3n) is 3.64. The summed E-state index contributed by atoms with van der Waals surface area (Å²) in [4.78, 5) is 5.98. The molecule has 114 valence electrons. The van der Waals surface area contributed by atoms with Gasteiger partial charge in [-0.25, -0.2) is 4.98 Å². The van der Waals surface area contributed by atoms with Gasteiger partial charge < -0.3 is 5.32 Å². The predicted octanol–water partition coefficient (Wildman–Crippen LogP) is 3.31. The van der Waals surface area contributed by atoms with E-state index < -0.39 is 0 Å². The molecule has 0 aliphatic heterocycles. The van der Waals surface area contributed by atoms with Crippen molar-refractivity contribution in [3.05, 3.63) is 38.6 Å². The Morgan fingerprint density at radius 3 is 2.52 bits per heavy atom. The van der Waals surface area contributed by atoms with Crippen LogP contribution in [0.15, 0.2) is 6.07 Å². The highest BCUT2D eigenvalue weighted by Crippen LogP contribution is 2.25. The summed E-state index contributed by atoms with van der Waals surface area (Å²) in [5.41, 5.74) is 4.45. The molecular weight excluding hydrogens is 280 g/mol. The minimum absolute atomic E-state index is 0.254. The predicted molar refractivity (Wildman–Crippen MR) is 87.9 cm³/mol. The standard InChI is InChI=1S/C16H24N4S/c1-6-14-13(8-10(3)19-20-14)15(17-7-2)9-16-18-11(4)12(5)21-16/h8,15,17H,6-7,9H2,1-5H3. The van der Waals surface area contributed by atoms with Gasteiger partial charge in [0.1, 0.15) is 0 Å². The molecule has 2 aromatic heterocycles. The zero-order valence-electron chi connectivity index (χ0n) is 13.5. The molecule has 1 N–H and O–H groups in total. The maximum atomic E-state index is 4.68. The number of thiazole rings is 1. The normalized spacial score (nSPS) is 12.6. The van der Waals surface area contributed by atoms with Gasteiger partial charge in [0.05, 0.1) is 22.1 Å². The summed E-state index contributed by atoms with van der Waals surface area (Å²) in [6.07, 6.45) is 1.81. The fraction of sp³-hybridized carbons (Fsp3) is 0.562. The van der Waals surface area contributed by atoms with Gasteiger partial charge in [-0.3, -0.25) is 0 Å². The highest BCUT2D eigenvalue weighted by Gasteiger charge is 2.18. The van der Waals surface area contributed by atoms with Gasteiger partial charge in [0.2, 0.25) is 0 Å². The number of aromatic nitrogens is 3.